The maximum atomic E-state index is 10.5. The molecule has 0 unspecified atom stereocenters. The van der Waals surface area contributed by atoms with Crippen molar-refractivity contribution in [2.75, 3.05) is 11.5 Å². The van der Waals surface area contributed by atoms with E-state index in [1.807, 2.05) is 0 Å². The van der Waals surface area contributed by atoms with Crippen LogP contribution in [0, 0.1) is 0 Å². The first-order chi connectivity index (χ1) is 6.43. The second-order valence-corrected chi connectivity index (χ2v) is 5.13. The van der Waals surface area contributed by atoms with Crippen molar-refractivity contribution in [3.05, 3.63) is 0 Å². The average Bonchev–Trinajstić information content (AvgIpc) is 2.09. The highest BCUT2D eigenvalue weighted by molar-refractivity contribution is 8.13. The highest BCUT2D eigenvalue weighted by Gasteiger charge is 2.17. The molecule has 0 aliphatic heterocycles. The van der Waals surface area contributed by atoms with Gasteiger partial charge in [0, 0.05) is 25.4 Å². The van der Waals surface area contributed by atoms with E-state index >= 15 is 0 Å². The zero-order valence-corrected chi connectivity index (χ0v) is 9.73. The average molecular weight is 238 g/mol. The zero-order valence-electron chi connectivity index (χ0n) is 8.10. The summed E-state index contributed by atoms with van der Waals surface area (Å²) < 4.78 is 0. The van der Waals surface area contributed by atoms with Gasteiger partial charge in [0.2, 0.25) is 0 Å². The van der Waals surface area contributed by atoms with Crippen molar-refractivity contribution in [1.29, 1.82) is 0 Å². The highest BCUT2D eigenvalue weighted by Crippen LogP contribution is 2.11. The minimum absolute atomic E-state index is 0.101. The first-order valence-corrected chi connectivity index (χ1v) is 6.03. The SMILES string of the molecule is CC(=O)SC[C@@H](O)[C@H](O)CSC(C)=O. The van der Waals surface area contributed by atoms with Crippen molar-refractivity contribution in [3.8, 4) is 0 Å². The quantitative estimate of drug-likeness (QED) is 0.716. The lowest BCUT2D eigenvalue weighted by Gasteiger charge is -2.15. The molecule has 0 saturated heterocycles. The molecular formula is C8H14O4S2. The van der Waals surface area contributed by atoms with Gasteiger partial charge in [-0.2, -0.15) is 0 Å². The van der Waals surface area contributed by atoms with Crippen molar-refractivity contribution in [3.63, 3.8) is 0 Å². The third-order valence-corrected chi connectivity index (χ3v) is 3.19. The summed E-state index contributed by atoms with van der Waals surface area (Å²) in [4.78, 5) is 21.1. The van der Waals surface area contributed by atoms with E-state index in [4.69, 9.17) is 0 Å². The topological polar surface area (TPSA) is 74.6 Å². The monoisotopic (exact) mass is 238 g/mol. The van der Waals surface area contributed by atoms with Gasteiger partial charge in [-0.25, -0.2) is 0 Å². The third-order valence-electron chi connectivity index (χ3n) is 1.36. The number of rotatable bonds is 5. The lowest BCUT2D eigenvalue weighted by atomic mass is 10.3. The number of aliphatic hydroxyl groups excluding tert-OH is 2. The molecule has 0 aliphatic carbocycles. The molecule has 2 N–H and O–H groups in total. The molecule has 0 heterocycles. The molecule has 0 aromatic rings. The van der Waals surface area contributed by atoms with Gasteiger partial charge in [-0.1, -0.05) is 23.5 Å². The first-order valence-electron chi connectivity index (χ1n) is 4.06. The third kappa shape index (κ3) is 7.37. The molecular weight excluding hydrogens is 224 g/mol. The van der Waals surface area contributed by atoms with E-state index in [9.17, 15) is 19.8 Å². The zero-order chi connectivity index (χ0) is 11.1. The fourth-order valence-corrected chi connectivity index (χ4v) is 1.88. The van der Waals surface area contributed by atoms with Crippen LogP contribution >= 0.6 is 23.5 Å². The summed E-state index contributed by atoms with van der Waals surface area (Å²) in [6.07, 6.45) is -1.92. The molecule has 4 nitrogen and oxygen atoms in total. The van der Waals surface area contributed by atoms with E-state index in [0.29, 0.717) is 0 Å². The van der Waals surface area contributed by atoms with E-state index in [1.54, 1.807) is 0 Å². The van der Waals surface area contributed by atoms with Crippen LogP contribution in [0.4, 0.5) is 0 Å². The largest absolute Gasteiger partial charge is 0.390 e. The lowest BCUT2D eigenvalue weighted by Crippen LogP contribution is -2.30. The Morgan fingerprint density at radius 1 is 1.00 bits per heavy atom. The van der Waals surface area contributed by atoms with Crippen LogP contribution in [0.3, 0.4) is 0 Å². The fraction of sp³-hybridized carbons (Fsp3) is 0.750. The van der Waals surface area contributed by atoms with Gasteiger partial charge in [0.05, 0.1) is 12.2 Å². The first kappa shape index (κ1) is 14.0. The van der Waals surface area contributed by atoms with Gasteiger partial charge in [-0.15, -0.1) is 0 Å². The smallest absolute Gasteiger partial charge is 0.185 e. The summed E-state index contributed by atoms with van der Waals surface area (Å²) in [6.45, 7) is 2.79. The van der Waals surface area contributed by atoms with Crippen molar-refractivity contribution in [1.82, 2.24) is 0 Å². The van der Waals surface area contributed by atoms with Gasteiger partial charge in [0.15, 0.2) is 10.2 Å². The Morgan fingerprint density at radius 2 is 1.29 bits per heavy atom. The summed E-state index contributed by atoms with van der Waals surface area (Å²) in [7, 11) is 0. The number of thioether (sulfide) groups is 2. The molecule has 0 fully saturated rings. The van der Waals surface area contributed by atoms with Crippen molar-refractivity contribution >= 4 is 33.8 Å². The molecule has 2 atom stereocenters. The Kier molecular flexibility index (Phi) is 7.26. The number of hydrogen-bond donors (Lipinski definition) is 2. The molecule has 6 heteroatoms. The van der Waals surface area contributed by atoms with Gasteiger partial charge >= 0.3 is 0 Å². The normalized spacial score (nSPS) is 14.9. The molecule has 14 heavy (non-hydrogen) atoms. The van der Waals surface area contributed by atoms with Crippen LogP contribution in [0.2, 0.25) is 0 Å². The lowest BCUT2D eigenvalue weighted by molar-refractivity contribution is -0.110. The van der Waals surface area contributed by atoms with Crippen molar-refractivity contribution in [2.45, 2.75) is 26.1 Å². The second kappa shape index (κ2) is 7.28. The molecule has 0 bridgehead atoms. The number of carbonyl (C=O) groups excluding carboxylic acids is 2. The molecule has 0 aliphatic rings. The Bertz CT molecular complexity index is 186. The highest BCUT2D eigenvalue weighted by atomic mass is 32.2. The van der Waals surface area contributed by atoms with Gasteiger partial charge in [0.25, 0.3) is 0 Å². The number of aliphatic hydroxyl groups is 2. The summed E-state index contributed by atoms with van der Waals surface area (Å²) in [5.74, 6) is 0.323. The van der Waals surface area contributed by atoms with Crippen LogP contribution in [0.15, 0.2) is 0 Å². The van der Waals surface area contributed by atoms with E-state index < -0.39 is 12.2 Å². The fourth-order valence-electron chi connectivity index (χ4n) is 0.628. The predicted molar refractivity (Wildman–Crippen MR) is 58.3 cm³/mol. The Hall–Kier alpha value is -0.0400. The molecule has 0 aromatic carbocycles. The number of carbonyl (C=O) groups is 2. The summed E-state index contributed by atoms with van der Waals surface area (Å²) >= 11 is 1.92. The summed E-state index contributed by atoms with van der Waals surface area (Å²) in [5, 5.41) is 18.5. The predicted octanol–water partition coefficient (Wildman–Crippen LogP) is 0.268. The van der Waals surface area contributed by atoms with Crippen LogP contribution in [0.25, 0.3) is 0 Å². The summed E-state index contributed by atoms with van der Waals surface area (Å²) in [5.41, 5.74) is 0. The van der Waals surface area contributed by atoms with Crippen molar-refractivity contribution in [2.24, 2.45) is 0 Å². The van der Waals surface area contributed by atoms with Gasteiger partial charge in [-0.3, -0.25) is 9.59 Å². The molecule has 0 rings (SSSR count). The molecule has 0 aromatic heterocycles. The van der Waals surface area contributed by atoms with E-state index in [1.165, 1.54) is 13.8 Å². The maximum Gasteiger partial charge on any atom is 0.185 e. The maximum absolute atomic E-state index is 10.5. The number of hydrogen-bond acceptors (Lipinski definition) is 6. The van der Waals surface area contributed by atoms with Crippen LogP contribution < -0.4 is 0 Å². The minimum Gasteiger partial charge on any atom is -0.390 e. The van der Waals surface area contributed by atoms with E-state index in [2.05, 4.69) is 0 Å². The molecule has 0 saturated carbocycles. The van der Waals surface area contributed by atoms with Crippen molar-refractivity contribution < 1.29 is 19.8 Å². The molecule has 0 radical (unpaired) electrons. The Morgan fingerprint density at radius 3 is 1.50 bits per heavy atom. The molecule has 82 valence electrons. The molecule has 0 amide bonds. The van der Waals surface area contributed by atoms with Gasteiger partial charge in [-0.05, 0) is 0 Å². The molecule has 0 spiro atoms. The van der Waals surface area contributed by atoms with Crippen LogP contribution in [0.1, 0.15) is 13.8 Å². The standard InChI is InChI=1S/C8H14O4S2/c1-5(9)13-3-7(11)8(12)4-14-6(2)10/h7-8,11-12H,3-4H2,1-2H3/t7-,8-/m1/s1. The van der Waals surface area contributed by atoms with Crippen LogP contribution in [0.5, 0.6) is 0 Å². The minimum atomic E-state index is -0.962. The Balaban J connectivity index is 3.69. The van der Waals surface area contributed by atoms with Gasteiger partial charge in [0.1, 0.15) is 0 Å². The van der Waals surface area contributed by atoms with Gasteiger partial charge < -0.3 is 10.2 Å². The Labute approximate surface area is 91.5 Å². The van der Waals surface area contributed by atoms with Crippen LogP contribution in [-0.2, 0) is 9.59 Å². The van der Waals surface area contributed by atoms with Crippen LogP contribution in [-0.4, -0.2) is 44.2 Å². The van der Waals surface area contributed by atoms with E-state index in [0.717, 1.165) is 23.5 Å². The van der Waals surface area contributed by atoms with E-state index in [-0.39, 0.29) is 21.7 Å². The second-order valence-electron chi connectivity index (χ2n) is 2.74. The summed E-state index contributed by atoms with van der Waals surface area (Å²) in [6, 6.07) is 0.